The van der Waals surface area contributed by atoms with Gasteiger partial charge in [-0.15, -0.1) is 0 Å². The zero-order valence-corrected chi connectivity index (χ0v) is 20.9. The molecule has 0 heterocycles. The molecule has 0 aliphatic rings. The van der Waals surface area contributed by atoms with Crippen LogP contribution >= 0.6 is 0 Å². The summed E-state index contributed by atoms with van der Waals surface area (Å²) in [5.74, 6) is -6.75. The van der Waals surface area contributed by atoms with Gasteiger partial charge in [0.15, 0.2) is 0 Å². The predicted octanol–water partition coefficient (Wildman–Crippen LogP) is -1.31. The van der Waals surface area contributed by atoms with Gasteiger partial charge in [0.05, 0.1) is 18.9 Å². The number of carboxylic acids is 2. The number of primary amides is 1. The molecule has 0 spiro atoms. The molecule has 4 atom stereocenters. The second kappa shape index (κ2) is 14.8. The van der Waals surface area contributed by atoms with Crippen molar-refractivity contribution in [3.8, 4) is 0 Å². The molecule has 0 saturated heterocycles. The summed E-state index contributed by atoms with van der Waals surface area (Å²) in [4.78, 5) is 73.1. The predicted molar refractivity (Wildman–Crippen MR) is 138 cm³/mol. The summed E-state index contributed by atoms with van der Waals surface area (Å²) in [6.45, 7) is 0. The van der Waals surface area contributed by atoms with Crippen LogP contribution in [0.25, 0.3) is 0 Å². The van der Waals surface area contributed by atoms with Crippen LogP contribution in [0, 0.1) is 0 Å². The average molecular weight is 542 g/mol. The fourth-order valence-electron chi connectivity index (χ4n) is 3.63. The molecule has 0 radical (unpaired) electrons. The summed E-state index contributed by atoms with van der Waals surface area (Å²) in [7, 11) is 0. The maximum Gasteiger partial charge on any atom is 0.326 e. The number of nitrogens with one attached hydrogen (secondary N) is 3. The largest absolute Gasteiger partial charge is 0.481 e. The number of carboxylic acid groups (broad SMARTS) is 2. The summed E-state index contributed by atoms with van der Waals surface area (Å²) >= 11 is 0. The van der Waals surface area contributed by atoms with Gasteiger partial charge >= 0.3 is 11.9 Å². The maximum atomic E-state index is 12.9. The van der Waals surface area contributed by atoms with Gasteiger partial charge < -0.3 is 37.6 Å². The normalized spacial score (nSPS) is 13.7. The second-order valence-corrected chi connectivity index (χ2v) is 8.78. The fourth-order valence-corrected chi connectivity index (χ4v) is 3.63. The van der Waals surface area contributed by atoms with Crippen LogP contribution in [0.5, 0.6) is 0 Å². The van der Waals surface area contributed by atoms with Crippen LogP contribution in [0.15, 0.2) is 60.7 Å². The van der Waals surface area contributed by atoms with Gasteiger partial charge in [-0.05, 0) is 17.5 Å². The molecular weight excluding hydrogens is 510 g/mol. The van der Waals surface area contributed by atoms with E-state index in [2.05, 4.69) is 16.0 Å². The molecule has 0 bridgehead atoms. The molecule has 39 heavy (non-hydrogen) atoms. The molecule has 2 aromatic rings. The van der Waals surface area contributed by atoms with E-state index in [-0.39, 0.29) is 12.8 Å². The maximum absolute atomic E-state index is 12.9. The Hall–Kier alpha value is -4.78. The summed E-state index contributed by atoms with van der Waals surface area (Å²) < 4.78 is 0. The van der Waals surface area contributed by atoms with Gasteiger partial charge in [0.2, 0.25) is 23.6 Å². The third-order valence-corrected chi connectivity index (χ3v) is 5.58. The third-order valence-electron chi connectivity index (χ3n) is 5.58. The van der Waals surface area contributed by atoms with Crippen LogP contribution in [0.2, 0.25) is 0 Å². The lowest BCUT2D eigenvalue weighted by atomic mass is 10.0. The number of aliphatic carboxylic acids is 2. The monoisotopic (exact) mass is 541 g/mol. The van der Waals surface area contributed by atoms with Crippen molar-refractivity contribution >= 4 is 35.6 Å². The van der Waals surface area contributed by atoms with Crippen molar-refractivity contribution in [1.29, 1.82) is 0 Å². The molecule has 9 N–H and O–H groups in total. The number of hydrogen-bond acceptors (Lipinski definition) is 7. The molecule has 4 unspecified atom stereocenters. The first-order chi connectivity index (χ1) is 18.5. The number of carbonyl (C=O) groups excluding carboxylic acids is 4. The third kappa shape index (κ3) is 10.6. The van der Waals surface area contributed by atoms with E-state index >= 15 is 0 Å². The Morgan fingerprint density at radius 1 is 0.641 bits per heavy atom. The average Bonchev–Trinajstić information content (AvgIpc) is 2.88. The molecule has 2 aromatic carbocycles. The van der Waals surface area contributed by atoms with Crippen molar-refractivity contribution in [2.75, 3.05) is 0 Å². The Balaban J connectivity index is 2.13. The van der Waals surface area contributed by atoms with Crippen molar-refractivity contribution in [3.63, 3.8) is 0 Å². The highest BCUT2D eigenvalue weighted by molar-refractivity contribution is 5.97. The van der Waals surface area contributed by atoms with E-state index in [0.29, 0.717) is 5.56 Å². The zero-order valence-electron chi connectivity index (χ0n) is 20.9. The highest BCUT2D eigenvalue weighted by Crippen LogP contribution is 2.06. The molecule has 13 nitrogen and oxygen atoms in total. The first kappa shape index (κ1) is 30.4. The highest BCUT2D eigenvalue weighted by Gasteiger charge is 2.32. The minimum Gasteiger partial charge on any atom is -0.481 e. The Morgan fingerprint density at radius 2 is 1.08 bits per heavy atom. The summed E-state index contributed by atoms with van der Waals surface area (Å²) in [5, 5.41) is 25.5. The SMILES string of the molecule is NC(=O)CC(NC(=O)C(N)Cc1ccccc1)C(=O)NC(CC(=O)O)C(=O)NC(Cc1ccccc1)C(=O)O. The molecule has 4 amide bonds. The molecule has 0 aromatic heterocycles. The topological polar surface area (TPSA) is 231 Å². The van der Waals surface area contributed by atoms with Crippen molar-refractivity contribution in [2.24, 2.45) is 11.5 Å². The molecule has 0 saturated carbocycles. The molecular formula is C26H31N5O8. The molecule has 13 heteroatoms. The number of nitrogens with two attached hydrogens (primary N) is 2. The van der Waals surface area contributed by atoms with Gasteiger partial charge in [0, 0.05) is 6.42 Å². The summed E-state index contributed by atoms with van der Waals surface area (Å²) in [6.07, 6.45) is -1.54. The van der Waals surface area contributed by atoms with E-state index in [9.17, 15) is 39.0 Å². The molecule has 0 fully saturated rings. The Morgan fingerprint density at radius 3 is 1.54 bits per heavy atom. The van der Waals surface area contributed by atoms with Crippen molar-refractivity contribution < 1.29 is 39.0 Å². The molecule has 0 aliphatic heterocycles. The van der Waals surface area contributed by atoms with Crippen LogP contribution < -0.4 is 27.4 Å². The van der Waals surface area contributed by atoms with Crippen LogP contribution in [-0.4, -0.2) is 69.9 Å². The first-order valence-corrected chi connectivity index (χ1v) is 11.9. The number of carbonyl (C=O) groups is 6. The minimum absolute atomic E-state index is 0.102. The van der Waals surface area contributed by atoms with Gasteiger partial charge in [-0.2, -0.15) is 0 Å². The lowest BCUT2D eigenvalue weighted by molar-refractivity contribution is -0.143. The fraction of sp³-hybridized carbons (Fsp3) is 0.308. The van der Waals surface area contributed by atoms with E-state index < -0.39 is 72.6 Å². The van der Waals surface area contributed by atoms with Crippen LogP contribution in [-0.2, 0) is 41.6 Å². The highest BCUT2D eigenvalue weighted by atomic mass is 16.4. The Bertz CT molecular complexity index is 1180. The van der Waals surface area contributed by atoms with Gasteiger partial charge in [0.25, 0.3) is 0 Å². The summed E-state index contributed by atoms with van der Waals surface area (Å²) in [5.41, 5.74) is 12.5. The Kier molecular flexibility index (Phi) is 11.6. The first-order valence-electron chi connectivity index (χ1n) is 11.9. The van der Waals surface area contributed by atoms with Crippen LogP contribution in [0.1, 0.15) is 24.0 Å². The van der Waals surface area contributed by atoms with E-state index in [0.717, 1.165) is 5.56 Å². The Labute approximate surface area is 223 Å². The van der Waals surface area contributed by atoms with Gasteiger partial charge in [-0.3, -0.25) is 24.0 Å². The second-order valence-electron chi connectivity index (χ2n) is 8.78. The number of amides is 4. The smallest absolute Gasteiger partial charge is 0.326 e. The quantitative estimate of drug-likeness (QED) is 0.142. The lowest BCUT2D eigenvalue weighted by Crippen LogP contribution is -2.58. The molecule has 2 rings (SSSR count). The zero-order chi connectivity index (χ0) is 28.9. The minimum atomic E-state index is -1.72. The van der Waals surface area contributed by atoms with Crippen LogP contribution in [0.3, 0.4) is 0 Å². The lowest BCUT2D eigenvalue weighted by Gasteiger charge is -2.24. The van der Waals surface area contributed by atoms with Crippen LogP contribution in [0.4, 0.5) is 0 Å². The van der Waals surface area contributed by atoms with E-state index in [1.807, 2.05) is 0 Å². The van der Waals surface area contributed by atoms with Gasteiger partial charge in [0.1, 0.15) is 18.1 Å². The standard InChI is InChI=1S/C26H31N5O8/c27-17(11-15-7-3-1-4-8-15)23(35)29-18(13-21(28)32)24(36)30-19(14-22(33)34)25(37)31-20(26(38)39)12-16-9-5-2-6-10-16/h1-10,17-20H,11-14,27H2,(H2,28,32)(H,29,35)(H,30,36)(H,31,37)(H,33,34)(H,38,39). The van der Waals surface area contributed by atoms with Crippen molar-refractivity contribution in [2.45, 2.75) is 49.9 Å². The van der Waals surface area contributed by atoms with E-state index in [1.165, 1.54) is 0 Å². The number of rotatable bonds is 15. The number of hydrogen-bond donors (Lipinski definition) is 7. The van der Waals surface area contributed by atoms with Gasteiger partial charge in [-0.25, -0.2) is 4.79 Å². The van der Waals surface area contributed by atoms with E-state index in [1.54, 1.807) is 60.7 Å². The molecule has 208 valence electrons. The van der Waals surface area contributed by atoms with E-state index in [4.69, 9.17) is 11.5 Å². The van der Waals surface area contributed by atoms with Gasteiger partial charge in [-0.1, -0.05) is 60.7 Å². The van der Waals surface area contributed by atoms with Crippen molar-refractivity contribution in [1.82, 2.24) is 16.0 Å². The number of benzene rings is 2. The summed E-state index contributed by atoms with van der Waals surface area (Å²) in [6, 6.07) is 11.4. The van der Waals surface area contributed by atoms with Crippen molar-refractivity contribution in [3.05, 3.63) is 71.8 Å². The molecule has 0 aliphatic carbocycles.